The molecule has 4 nitrogen and oxygen atoms in total. The molecule has 0 radical (unpaired) electrons. The van der Waals surface area contributed by atoms with Crippen LogP contribution >= 0.6 is 0 Å². The predicted octanol–water partition coefficient (Wildman–Crippen LogP) is 1.61. The summed E-state index contributed by atoms with van der Waals surface area (Å²) in [6, 6.07) is 1.72. The van der Waals surface area contributed by atoms with Gasteiger partial charge in [-0.2, -0.15) is 0 Å². The smallest absolute Gasteiger partial charge is 0.239 e. The first-order chi connectivity index (χ1) is 7.63. The highest BCUT2D eigenvalue weighted by molar-refractivity contribution is 5.93. The van der Waals surface area contributed by atoms with Crippen molar-refractivity contribution in [3.8, 4) is 0 Å². The Kier molecular flexibility index (Phi) is 4.76. The molecule has 0 aromatic carbocycles. The van der Waals surface area contributed by atoms with Gasteiger partial charge in [-0.1, -0.05) is 13.3 Å². The number of rotatable bonds is 6. The van der Waals surface area contributed by atoms with Gasteiger partial charge in [0.1, 0.15) is 6.54 Å². The molecule has 1 heterocycles. The van der Waals surface area contributed by atoms with Crippen LogP contribution in [0.25, 0.3) is 0 Å². The number of Topliss-reactive ketones (excluding diaryl/α,β-unsaturated/α-hetero) is 1. The third-order valence-electron chi connectivity index (χ3n) is 2.34. The van der Waals surface area contributed by atoms with E-state index in [0.29, 0.717) is 5.56 Å². The zero-order valence-corrected chi connectivity index (χ0v) is 9.82. The SMILES string of the molecule is CCCCNC(=O)Cn1ccc(C(C)=O)c1. The van der Waals surface area contributed by atoms with Gasteiger partial charge in [-0.25, -0.2) is 0 Å². The van der Waals surface area contributed by atoms with Crippen molar-refractivity contribution in [3.63, 3.8) is 0 Å². The summed E-state index contributed by atoms with van der Waals surface area (Å²) >= 11 is 0. The number of hydrogen-bond acceptors (Lipinski definition) is 2. The summed E-state index contributed by atoms with van der Waals surface area (Å²) in [5.41, 5.74) is 0.640. The fourth-order valence-corrected chi connectivity index (χ4v) is 1.37. The molecule has 4 heteroatoms. The van der Waals surface area contributed by atoms with E-state index in [-0.39, 0.29) is 18.2 Å². The second-order valence-corrected chi connectivity index (χ2v) is 3.83. The van der Waals surface area contributed by atoms with Crippen molar-refractivity contribution >= 4 is 11.7 Å². The van der Waals surface area contributed by atoms with Crippen molar-refractivity contribution < 1.29 is 9.59 Å². The van der Waals surface area contributed by atoms with E-state index in [1.165, 1.54) is 6.92 Å². The topological polar surface area (TPSA) is 51.1 Å². The maximum Gasteiger partial charge on any atom is 0.239 e. The highest BCUT2D eigenvalue weighted by atomic mass is 16.2. The van der Waals surface area contributed by atoms with Gasteiger partial charge in [0.2, 0.25) is 5.91 Å². The number of amides is 1. The van der Waals surface area contributed by atoms with Gasteiger partial charge in [-0.05, 0) is 19.4 Å². The molecule has 0 saturated heterocycles. The monoisotopic (exact) mass is 222 g/mol. The van der Waals surface area contributed by atoms with E-state index in [4.69, 9.17) is 0 Å². The van der Waals surface area contributed by atoms with Crippen LogP contribution in [0, 0.1) is 0 Å². The molecule has 88 valence electrons. The van der Waals surface area contributed by atoms with E-state index >= 15 is 0 Å². The summed E-state index contributed by atoms with van der Waals surface area (Å²) in [5.74, 6) is 0.00398. The number of carbonyl (C=O) groups is 2. The zero-order valence-electron chi connectivity index (χ0n) is 9.82. The molecule has 0 aliphatic rings. The van der Waals surface area contributed by atoms with Crippen LogP contribution in [0.2, 0.25) is 0 Å². The van der Waals surface area contributed by atoms with Crippen LogP contribution in [0.15, 0.2) is 18.5 Å². The van der Waals surface area contributed by atoms with Gasteiger partial charge in [0.15, 0.2) is 5.78 Å². The number of carbonyl (C=O) groups excluding carboxylic acids is 2. The fourth-order valence-electron chi connectivity index (χ4n) is 1.37. The molecule has 0 saturated carbocycles. The molecular formula is C12H18N2O2. The van der Waals surface area contributed by atoms with Gasteiger partial charge in [-0.3, -0.25) is 9.59 Å². The first-order valence-corrected chi connectivity index (χ1v) is 5.57. The molecule has 0 aliphatic heterocycles. The standard InChI is InChI=1S/C12H18N2O2/c1-3-4-6-13-12(16)9-14-7-5-11(8-14)10(2)15/h5,7-8H,3-4,6,9H2,1-2H3,(H,13,16). The summed E-state index contributed by atoms with van der Waals surface area (Å²) in [6.07, 6.45) is 5.51. The van der Waals surface area contributed by atoms with Crippen LogP contribution in [-0.4, -0.2) is 22.8 Å². The highest BCUT2D eigenvalue weighted by Gasteiger charge is 2.04. The van der Waals surface area contributed by atoms with Crippen molar-refractivity contribution in [2.45, 2.75) is 33.2 Å². The van der Waals surface area contributed by atoms with Gasteiger partial charge >= 0.3 is 0 Å². The molecule has 0 aliphatic carbocycles. The van der Waals surface area contributed by atoms with Crippen molar-refractivity contribution in [3.05, 3.63) is 24.0 Å². The number of hydrogen-bond donors (Lipinski definition) is 1. The highest BCUT2D eigenvalue weighted by Crippen LogP contribution is 2.01. The summed E-state index contributed by atoms with van der Waals surface area (Å²) in [5, 5.41) is 2.83. The average Bonchev–Trinajstić information content (AvgIpc) is 2.66. The number of nitrogens with zero attached hydrogens (tertiary/aromatic N) is 1. The molecule has 1 amide bonds. The Balaban J connectivity index is 2.40. The van der Waals surface area contributed by atoms with Crippen molar-refractivity contribution in [1.29, 1.82) is 0 Å². The van der Waals surface area contributed by atoms with Crippen LogP contribution in [-0.2, 0) is 11.3 Å². The number of unbranched alkanes of at least 4 members (excludes halogenated alkanes) is 1. The molecule has 1 rings (SSSR count). The minimum atomic E-state index is -0.0147. The van der Waals surface area contributed by atoms with Crippen LogP contribution in [0.5, 0.6) is 0 Å². The fraction of sp³-hybridized carbons (Fsp3) is 0.500. The van der Waals surface area contributed by atoms with Gasteiger partial charge in [0, 0.05) is 24.5 Å². The Morgan fingerprint density at radius 2 is 2.19 bits per heavy atom. The Labute approximate surface area is 95.6 Å². The lowest BCUT2D eigenvalue weighted by Crippen LogP contribution is -2.27. The van der Waals surface area contributed by atoms with Crippen LogP contribution in [0.4, 0.5) is 0 Å². The van der Waals surface area contributed by atoms with E-state index in [2.05, 4.69) is 12.2 Å². The minimum absolute atomic E-state index is 0.0147. The largest absolute Gasteiger partial charge is 0.355 e. The van der Waals surface area contributed by atoms with E-state index in [1.807, 2.05) is 0 Å². The second-order valence-electron chi connectivity index (χ2n) is 3.83. The summed E-state index contributed by atoms with van der Waals surface area (Å²) in [4.78, 5) is 22.5. The van der Waals surface area contributed by atoms with Crippen LogP contribution < -0.4 is 5.32 Å². The van der Waals surface area contributed by atoms with E-state index in [9.17, 15) is 9.59 Å². The van der Waals surface area contributed by atoms with E-state index in [1.54, 1.807) is 23.0 Å². The lowest BCUT2D eigenvalue weighted by molar-refractivity contribution is -0.121. The number of ketones is 1. The van der Waals surface area contributed by atoms with E-state index in [0.717, 1.165) is 19.4 Å². The quantitative estimate of drug-likeness (QED) is 0.587. The van der Waals surface area contributed by atoms with Gasteiger partial charge in [-0.15, -0.1) is 0 Å². The molecule has 0 bridgehead atoms. The molecular weight excluding hydrogens is 204 g/mol. The van der Waals surface area contributed by atoms with Gasteiger partial charge < -0.3 is 9.88 Å². The maximum atomic E-state index is 11.4. The van der Waals surface area contributed by atoms with Crippen molar-refractivity contribution in [1.82, 2.24) is 9.88 Å². The van der Waals surface area contributed by atoms with Crippen molar-refractivity contribution in [2.75, 3.05) is 6.54 Å². The summed E-state index contributed by atoms with van der Waals surface area (Å²) < 4.78 is 1.72. The molecule has 0 fully saturated rings. The lowest BCUT2D eigenvalue weighted by atomic mass is 10.2. The molecule has 1 aromatic heterocycles. The van der Waals surface area contributed by atoms with E-state index < -0.39 is 0 Å². The number of nitrogens with one attached hydrogen (secondary N) is 1. The normalized spacial score (nSPS) is 10.1. The number of aromatic nitrogens is 1. The Hall–Kier alpha value is -1.58. The Morgan fingerprint density at radius 1 is 1.44 bits per heavy atom. The average molecular weight is 222 g/mol. The van der Waals surface area contributed by atoms with Gasteiger partial charge in [0.05, 0.1) is 0 Å². The van der Waals surface area contributed by atoms with Crippen molar-refractivity contribution in [2.24, 2.45) is 0 Å². The first-order valence-electron chi connectivity index (χ1n) is 5.57. The summed E-state index contributed by atoms with van der Waals surface area (Å²) in [7, 11) is 0. The third kappa shape index (κ3) is 3.88. The molecule has 0 spiro atoms. The van der Waals surface area contributed by atoms with Crippen LogP contribution in [0.1, 0.15) is 37.0 Å². The molecule has 1 aromatic rings. The zero-order chi connectivity index (χ0) is 12.0. The third-order valence-corrected chi connectivity index (χ3v) is 2.34. The van der Waals surface area contributed by atoms with Gasteiger partial charge in [0.25, 0.3) is 0 Å². The molecule has 0 unspecified atom stereocenters. The Bertz CT molecular complexity index is 369. The predicted molar refractivity (Wildman–Crippen MR) is 62.4 cm³/mol. The maximum absolute atomic E-state index is 11.4. The molecule has 16 heavy (non-hydrogen) atoms. The lowest BCUT2D eigenvalue weighted by Gasteiger charge is -2.04. The minimum Gasteiger partial charge on any atom is -0.355 e. The first kappa shape index (κ1) is 12.5. The summed E-state index contributed by atoms with van der Waals surface area (Å²) in [6.45, 7) is 4.59. The molecule has 1 N–H and O–H groups in total. The Morgan fingerprint density at radius 3 is 2.75 bits per heavy atom. The van der Waals surface area contributed by atoms with Crippen LogP contribution in [0.3, 0.4) is 0 Å². The second kappa shape index (κ2) is 6.10. The molecule has 0 atom stereocenters.